The standard InChI is InChI=1S/C15H22N4O2/c1-9-16-14-13(18(9)5)7-12(19(6)10(2)20)11(15(14)21)8-17(3)4/h7,21H,8H2,1-6H3. The van der Waals surface area contributed by atoms with Crippen LogP contribution in [0.3, 0.4) is 0 Å². The molecule has 1 amide bonds. The van der Waals surface area contributed by atoms with Crippen LogP contribution in [-0.2, 0) is 18.4 Å². The van der Waals surface area contributed by atoms with Crippen molar-refractivity contribution < 1.29 is 9.90 Å². The van der Waals surface area contributed by atoms with Crippen molar-refractivity contribution in [2.45, 2.75) is 20.4 Å². The highest BCUT2D eigenvalue weighted by Crippen LogP contribution is 2.36. The van der Waals surface area contributed by atoms with E-state index in [9.17, 15) is 9.90 Å². The number of fused-ring (bicyclic) bond motifs is 1. The van der Waals surface area contributed by atoms with Gasteiger partial charge in [-0.15, -0.1) is 0 Å². The number of carbonyl (C=O) groups excluding carboxylic acids is 1. The van der Waals surface area contributed by atoms with Crippen LogP contribution in [0, 0.1) is 6.92 Å². The normalized spacial score (nSPS) is 11.4. The average Bonchev–Trinajstić information content (AvgIpc) is 2.68. The summed E-state index contributed by atoms with van der Waals surface area (Å²) < 4.78 is 1.91. The van der Waals surface area contributed by atoms with Gasteiger partial charge in [-0.2, -0.15) is 0 Å². The molecule has 0 aliphatic rings. The molecule has 0 atom stereocenters. The number of anilines is 1. The van der Waals surface area contributed by atoms with E-state index in [0.29, 0.717) is 23.3 Å². The van der Waals surface area contributed by atoms with Gasteiger partial charge in [-0.1, -0.05) is 0 Å². The summed E-state index contributed by atoms with van der Waals surface area (Å²) in [7, 11) is 7.45. The third kappa shape index (κ3) is 2.58. The van der Waals surface area contributed by atoms with Crippen molar-refractivity contribution >= 4 is 22.6 Å². The summed E-state index contributed by atoms with van der Waals surface area (Å²) >= 11 is 0. The Morgan fingerprint density at radius 3 is 2.52 bits per heavy atom. The van der Waals surface area contributed by atoms with Gasteiger partial charge >= 0.3 is 0 Å². The average molecular weight is 290 g/mol. The molecule has 0 aliphatic heterocycles. The van der Waals surface area contributed by atoms with Crippen molar-refractivity contribution in [3.05, 3.63) is 17.5 Å². The molecule has 0 bridgehead atoms. The molecule has 0 radical (unpaired) electrons. The van der Waals surface area contributed by atoms with Crippen molar-refractivity contribution in [3.63, 3.8) is 0 Å². The van der Waals surface area contributed by atoms with E-state index in [0.717, 1.165) is 11.3 Å². The lowest BCUT2D eigenvalue weighted by Gasteiger charge is -2.22. The van der Waals surface area contributed by atoms with Crippen molar-refractivity contribution in [1.82, 2.24) is 14.5 Å². The Hall–Kier alpha value is -2.08. The van der Waals surface area contributed by atoms with Crippen LogP contribution in [-0.4, -0.2) is 46.6 Å². The van der Waals surface area contributed by atoms with Crippen molar-refractivity contribution in [3.8, 4) is 5.75 Å². The minimum Gasteiger partial charge on any atom is -0.505 e. The lowest BCUT2D eigenvalue weighted by atomic mass is 10.1. The number of phenolic OH excluding ortho intramolecular Hbond substituents is 1. The van der Waals surface area contributed by atoms with Crippen LogP contribution in [0.5, 0.6) is 5.75 Å². The van der Waals surface area contributed by atoms with E-state index in [4.69, 9.17) is 0 Å². The summed E-state index contributed by atoms with van der Waals surface area (Å²) in [5.41, 5.74) is 2.82. The van der Waals surface area contributed by atoms with Crippen LogP contribution in [0.2, 0.25) is 0 Å². The van der Waals surface area contributed by atoms with Crippen molar-refractivity contribution in [2.24, 2.45) is 7.05 Å². The molecule has 1 N–H and O–H groups in total. The molecular weight excluding hydrogens is 268 g/mol. The first-order chi connectivity index (χ1) is 9.73. The second kappa shape index (κ2) is 5.37. The van der Waals surface area contributed by atoms with Gasteiger partial charge in [0.15, 0.2) is 0 Å². The fourth-order valence-electron chi connectivity index (χ4n) is 2.39. The number of nitrogens with zero attached hydrogens (tertiary/aromatic N) is 4. The number of phenols is 1. The molecule has 0 saturated heterocycles. The Bertz CT molecular complexity index is 703. The smallest absolute Gasteiger partial charge is 0.223 e. The Labute approximate surface area is 124 Å². The first kappa shape index (κ1) is 15.3. The molecule has 0 fully saturated rings. The molecule has 0 unspecified atom stereocenters. The number of amides is 1. The van der Waals surface area contributed by atoms with Gasteiger partial charge < -0.3 is 19.5 Å². The number of hydrogen-bond donors (Lipinski definition) is 1. The number of hydrogen-bond acceptors (Lipinski definition) is 4. The molecule has 6 nitrogen and oxygen atoms in total. The highest BCUT2D eigenvalue weighted by Gasteiger charge is 2.21. The summed E-state index contributed by atoms with van der Waals surface area (Å²) in [4.78, 5) is 19.7. The summed E-state index contributed by atoms with van der Waals surface area (Å²) in [5, 5.41) is 10.6. The van der Waals surface area contributed by atoms with Crippen LogP contribution < -0.4 is 4.90 Å². The fourth-order valence-corrected chi connectivity index (χ4v) is 2.39. The Kier molecular flexibility index (Phi) is 3.91. The van der Waals surface area contributed by atoms with Crippen LogP contribution in [0.4, 0.5) is 5.69 Å². The van der Waals surface area contributed by atoms with Gasteiger partial charge in [-0.3, -0.25) is 4.79 Å². The van der Waals surface area contributed by atoms with Gasteiger partial charge in [0.25, 0.3) is 0 Å². The topological polar surface area (TPSA) is 61.6 Å². The zero-order chi connectivity index (χ0) is 15.9. The molecule has 1 aromatic carbocycles. The quantitative estimate of drug-likeness (QED) is 0.933. The second-order valence-corrected chi connectivity index (χ2v) is 5.62. The van der Waals surface area contributed by atoms with E-state index in [2.05, 4.69) is 4.98 Å². The number of benzene rings is 1. The van der Waals surface area contributed by atoms with Gasteiger partial charge in [0.05, 0.1) is 11.2 Å². The van der Waals surface area contributed by atoms with Crippen LogP contribution in [0.1, 0.15) is 18.3 Å². The molecule has 6 heteroatoms. The summed E-state index contributed by atoms with van der Waals surface area (Å²) in [6, 6.07) is 1.91. The highest BCUT2D eigenvalue weighted by atomic mass is 16.3. The van der Waals surface area contributed by atoms with Crippen molar-refractivity contribution in [2.75, 3.05) is 26.0 Å². The third-order valence-corrected chi connectivity index (χ3v) is 3.76. The number of carbonyl (C=O) groups is 1. The third-order valence-electron chi connectivity index (χ3n) is 3.76. The van der Waals surface area contributed by atoms with Gasteiger partial charge in [-0.25, -0.2) is 4.98 Å². The maximum absolute atomic E-state index is 11.7. The van der Waals surface area contributed by atoms with Gasteiger partial charge in [-0.05, 0) is 27.1 Å². The van der Waals surface area contributed by atoms with Crippen LogP contribution >= 0.6 is 0 Å². The highest BCUT2D eigenvalue weighted by molar-refractivity contribution is 5.97. The Balaban J connectivity index is 2.79. The lowest BCUT2D eigenvalue weighted by Crippen LogP contribution is -2.25. The molecule has 1 heterocycles. The molecule has 1 aromatic heterocycles. The van der Waals surface area contributed by atoms with Crippen molar-refractivity contribution in [1.29, 1.82) is 0 Å². The first-order valence-corrected chi connectivity index (χ1v) is 6.81. The molecule has 114 valence electrons. The summed E-state index contributed by atoms with van der Waals surface area (Å²) in [6.45, 7) is 3.93. The summed E-state index contributed by atoms with van der Waals surface area (Å²) in [6.07, 6.45) is 0. The maximum atomic E-state index is 11.7. The fraction of sp³-hybridized carbons (Fsp3) is 0.467. The van der Waals surface area contributed by atoms with Crippen LogP contribution in [0.15, 0.2) is 6.07 Å². The Morgan fingerprint density at radius 1 is 1.38 bits per heavy atom. The number of imidazole rings is 1. The minimum atomic E-state index is -0.0763. The minimum absolute atomic E-state index is 0.0763. The molecule has 21 heavy (non-hydrogen) atoms. The SMILES string of the molecule is CC(=O)N(C)c1cc2c(nc(C)n2C)c(O)c1CN(C)C. The lowest BCUT2D eigenvalue weighted by molar-refractivity contribution is -0.116. The van der Waals surface area contributed by atoms with Gasteiger partial charge in [0.2, 0.25) is 5.91 Å². The van der Waals surface area contributed by atoms with E-state index in [1.54, 1.807) is 11.9 Å². The second-order valence-electron chi connectivity index (χ2n) is 5.62. The zero-order valence-electron chi connectivity index (χ0n) is 13.4. The zero-order valence-corrected chi connectivity index (χ0v) is 13.4. The molecule has 0 aliphatic carbocycles. The monoisotopic (exact) mass is 290 g/mol. The van der Waals surface area contributed by atoms with Gasteiger partial charge in [0, 0.05) is 33.1 Å². The largest absolute Gasteiger partial charge is 0.505 e. The molecule has 2 aromatic rings. The molecule has 0 saturated carbocycles. The number of aryl methyl sites for hydroxylation is 2. The number of aromatic hydroxyl groups is 1. The first-order valence-electron chi connectivity index (χ1n) is 6.81. The molecular formula is C15H22N4O2. The van der Waals surface area contributed by atoms with E-state index in [1.165, 1.54) is 6.92 Å². The van der Waals surface area contributed by atoms with E-state index in [1.807, 2.05) is 43.6 Å². The van der Waals surface area contributed by atoms with E-state index >= 15 is 0 Å². The van der Waals surface area contributed by atoms with E-state index in [-0.39, 0.29) is 11.7 Å². The molecule has 0 spiro atoms. The number of aromatic nitrogens is 2. The molecule has 2 rings (SSSR count). The number of rotatable bonds is 3. The van der Waals surface area contributed by atoms with Gasteiger partial charge in [0.1, 0.15) is 17.1 Å². The predicted molar refractivity (Wildman–Crippen MR) is 83.6 cm³/mol. The maximum Gasteiger partial charge on any atom is 0.223 e. The summed E-state index contributed by atoms with van der Waals surface area (Å²) in [5.74, 6) is 0.888. The predicted octanol–water partition coefficient (Wildman–Crippen LogP) is 1.63. The Morgan fingerprint density at radius 2 is 2.00 bits per heavy atom. The van der Waals surface area contributed by atoms with Crippen LogP contribution in [0.25, 0.3) is 11.0 Å². The van der Waals surface area contributed by atoms with E-state index < -0.39 is 0 Å².